The van der Waals surface area contributed by atoms with Crippen molar-refractivity contribution >= 4 is 28.2 Å². The van der Waals surface area contributed by atoms with E-state index in [0.29, 0.717) is 22.8 Å². The molecular formula is C23H32N4O7S. The maximum absolute atomic E-state index is 12.5. The lowest BCUT2D eigenvalue weighted by Gasteiger charge is -2.19. The van der Waals surface area contributed by atoms with Crippen LogP contribution in [-0.4, -0.2) is 68.5 Å². The molecule has 192 valence electrons. The zero-order chi connectivity index (χ0) is 26.0. The van der Waals surface area contributed by atoms with E-state index in [4.69, 9.17) is 4.42 Å². The fourth-order valence-corrected chi connectivity index (χ4v) is 4.24. The van der Waals surface area contributed by atoms with E-state index in [1.807, 2.05) is 6.92 Å². The van der Waals surface area contributed by atoms with Gasteiger partial charge in [-0.2, -0.15) is 0 Å². The van der Waals surface area contributed by atoms with Gasteiger partial charge in [0.05, 0.1) is 24.0 Å². The monoisotopic (exact) mass is 508 g/mol. The minimum Gasteiger partial charge on any atom is -0.451 e. The molecule has 0 saturated heterocycles. The van der Waals surface area contributed by atoms with Gasteiger partial charge in [0.1, 0.15) is 5.76 Å². The highest BCUT2D eigenvalue weighted by molar-refractivity contribution is 7.89. The standard InChI is InChI=1S/C23H32N4O7S/c1-4-5-6-8-18(14-27(31)16-28)22(29)24-15-25-23(30)21-12-11-20(34-21)17-9-7-10-19(13-17)35(32,33)26(2)3/h7,9-13,16,18,31H,4-6,8,14-15H2,1-3H3,(H,24,29)(H,25,30)/t18-/m1/s1. The third-order valence-electron chi connectivity index (χ3n) is 5.29. The van der Waals surface area contributed by atoms with Gasteiger partial charge in [0.15, 0.2) is 5.76 Å². The van der Waals surface area contributed by atoms with E-state index < -0.39 is 27.8 Å². The lowest BCUT2D eigenvalue weighted by atomic mass is 10.0. The molecule has 1 atom stereocenters. The van der Waals surface area contributed by atoms with E-state index >= 15 is 0 Å². The first-order chi connectivity index (χ1) is 16.6. The molecule has 0 saturated carbocycles. The number of unbranched alkanes of at least 4 members (excludes halogenated alkanes) is 2. The number of rotatable bonds is 14. The highest BCUT2D eigenvalue weighted by Crippen LogP contribution is 2.25. The summed E-state index contributed by atoms with van der Waals surface area (Å²) in [6.07, 6.45) is 3.37. The summed E-state index contributed by atoms with van der Waals surface area (Å²) in [5.74, 6) is -1.30. The molecule has 0 fully saturated rings. The Morgan fingerprint density at radius 1 is 1.14 bits per heavy atom. The highest BCUT2D eigenvalue weighted by atomic mass is 32.2. The number of amides is 3. The van der Waals surface area contributed by atoms with E-state index in [2.05, 4.69) is 10.6 Å². The first kappa shape index (κ1) is 28.0. The van der Waals surface area contributed by atoms with Crippen molar-refractivity contribution in [2.45, 2.75) is 37.5 Å². The molecule has 1 aromatic heterocycles. The van der Waals surface area contributed by atoms with Crippen molar-refractivity contribution in [2.75, 3.05) is 27.3 Å². The van der Waals surface area contributed by atoms with Gasteiger partial charge in [0.25, 0.3) is 5.91 Å². The lowest BCUT2D eigenvalue weighted by molar-refractivity contribution is -0.154. The molecule has 11 nitrogen and oxygen atoms in total. The van der Waals surface area contributed by atoms with Crippen LogP contribution in [-0.2, 0) is 19.6 Å². The van der Waals surface area contributed by atoms with E-state index in [1.54, 1.807) is 18.2 Å². The van der Waals surface area contributed by atoms with Crippen molar-refractivity contribution in [1.82, 2.24) is 20.0 Å². The molecule has 0 radical (unpaired) electrons. The van der Waals surface area contributed by atoms with Crippen LogP contribution in [0.1, 0.15) is 43.2 Å². The molecule has 1 heterocycles. The Bertz CT molecular complexity index is 1110. The molecule has 3 N–H and O–H groups in total. The minimum atomic E-state index is -3.63. The zero-order valence-corrected chi connectivity index (χ0v) is 20.9. The molecule has 35 heavy (non-hydrogen) atoms. The molecule has 2 aromatic rings. The molecule has 0 spiro atoms. The average molecular weight is 509 g/mol. The van der Waals surface area contributed by atoms with Crippen LogP contribution < -0.4 is 10.6 Å². The number of nitrogens with zero attached hydrogens (tertiary/aromatic N) is 2. The quantitative estimate of drug-likeness (QED) is 0.116. The fourth-order valence-electron chi connectivity index (χ4n) is 3.29. The summed E-state index contributed by atoms with van der Waals surface area (Å²) in [6, 6.07) is 9.17. The van der Waals surface area contributed by atoms with E-state index in [9.17, 15) is 28.0 Å². The van der Waals surface area contributed by atoms with Gasteiger partial charge in [-0.15, -0.1) is 0 Å². The van der Waals surface area contributed by atoms with Crippen molar-refractivity contribution in [1.29, 1.82) is 0 Å². The van der Waals surface area contributed by atoms with Crippen LogP contribution in [0.2, 0.25) is 0 Å². The van der Waals surface area contributed by atoms with Crippen molar-refractivity contribution in [2.24, 2.45) is 5.92 Å². The second-order valence-electron chi connectivity index (χ2n) is 8.12. The van der Waals surface area contributed by atoms with Gasteiger partial charge in [-0.1, -0.05) is 38.3 Å². The van der Waals surface area contributed by atoms with Crippen LogP contribution in [0, 0.1) is 5.92 Å². The van der Waals surface area contributed by atoms with Gasteiger partial charge in [-0.3, -0.25) is 19.6 Å². The Kier molecular flexibility index (Phi) is 10.4. The Labute approximate surface area is 205 Å². The van der Waals surface area contributed by atoms with Gasteiger partial charge < -0.3 is 15.1 Å². The Morgan fingerprint density at radius 2 is 1.89 bits per heavy atom. The topological polar surface area (TPSA) is 149 Å². The molecular weight excluding hydrogens is 476 g/mol. The van der Waals surface area contributed by atoms with E-state index in [1.165, 1.54) is 32.3 Å². The molecule has 0 aliphatic heterocycles. The van der Waals surface area contributed by atoms with Crippen molar-refractivity contribution in [3.05, 3.63) is 42.2 Å². The number of hydrogen-bond acceptors (Lipinski definition) is 7. The number of carbonyl (C=O) groups is 3. The third-order valence-corrected chi connectivity index (χ3v) is 7.11. The zero-order valence-electron chi connectivity index (χ0n) is 20.1. The maximum Gasteiger partial charge on any atom is 0.288 e. The van der Waals surface area contributed by atoms with Crippen LogP contribution in [0.15, 0.2) is 45.7 Å². The third kappa shape index (κ3) is 7.91. The van der Waals surface area contributed by atoms with Gasteiger partial charge in [-0.25, -0.2) is 17.8 Å². The number of carbonyl (C=O) groups excluding carboxylic acids is 3. The molecule has 0 aliphatic rings. The van der Waals surface area contributed by atoms with Gasteiger partial charge in [0.2, 0.25) is 22.3 Å². The molecule has 3 amide bonds. The smallest absolute Gasteiger partial charge is 0.288 e. The number of sulfonamides is 1. The van der Waals surface area contributed by atoms with Crippen molar-refractivity contribution in [3.8, 4) is 11.3 Å². The van der Waals surface area contributed by atoms with Crippen molar-refractivity contribution in [3.63, 3.8) is 0 Å². The van der Waals surface area contributed by atoms with Crippen LogP contribution >= 0.6 is 0 Å². The second-order valence-corrected chi connectivity index (χ2v) is 10.3. The van der Waals surface area contributed by atoms with Gasteiger partial charge in [-0.05, 0) is 30.7 Å². The molecule has 0 bridgehead atoms. The Hall–Kier alpha value is -3.22. The number of nitrogens with one attached hydrogen (secondary N) is 2. The van der Waals surface area contributed by atoms with Crippen LogP contribution in [0.5, 0.6) is 0 Å². The minimum absolute atomic E-state index is 0.0166. The van der Waals surface area contributed by atoms with Crippen LogP contribution in [0.25, 0.3) is 11.3 Å². The summed E-state index contributed by atoms with van der Waals surface area (Å²) in [5.41, 5.74) is 0.485. The normalized spacial score (nSPS) is 12.3. The number of benzene rings is 1. The predicted octanol–water partition coefficient (Wildman–Crippen LogP) is 2.04. The Morgan fingerprint density at radius 3 is 2.54 bits per heavy atom. The summed E-state index contributed by atoms with van der Waals surface area (Å²) >= 11 is 0. The fraction of sp³-hybridized carbons (Fsp3) is 0.435. The second kappa shape index (κ2) is 13.0. The van der Waals surface area contributed by atoms with Gasteiger partial charge >= 0.3 is 0 Å². The average Bonchev–Trinajstić information content (AvgIpc) is 3.33. The van der Waals surface area contributed by atoms with E-state index in [0.717, 1.165) is 23.6 Å². The largest absolute Gasteiger partial charge is 0.451 e. The summed E-state index contributed by atoms with van der Waals surface area (Å²) in [6.45, 7) is 1.70. The molecule has 0 unspecified atom stereocenters. The lowest BCUT2D eigenvalue weighted by Crippen LogP contribution is -2.42. The first-order valence-corrected chi connectivity index (χ1v) is 12.6. The van der Waals surface area contributed by atoms with E-state index in [-0.39, 0.29) is 30.3 Å². The van der Waals surface area contributed by atoms with Crippen LogP contribution in [0.3, 0.4) is 0 Å². The number of hydrogen-bond donors (Lipinski definition) is 3. The SMILES string of the molecule is CCCCC[C@H](CN(O)C=O)C(=O)NCNC(=O)c1ccc(-c2cccc(S(=O)(=O)N(C)C)c2)o1. The molecule has 2 rings (SSSR count). The predicted molar refractivity (Wildman–Crippen MR) is 128 cm³/mol. The summed E-state index contributed by atoms with van der Waals surface area (Å²) in [4.78, 5) is 35.7. The van der Waals surface area contributed by atoms with Gasteiger partial charge in [0, 0.05) is 19.7 Å². The Balaban J connectivity index is 1.98. The summed E-state index contributed by atoms with van der Waals surface area (Å²) in [7, 11) is -0.755. The summed E-state index contributed by atoms with van der Waals surface area (Å²) < 4.78 is 31.4. The summed E-state index contributed by atoms with van der Waals surface area (Å²) in [5, 5.41) is 15.0. The highest BCUT2D eigenvalue weighted by Gasteiger charge is 2.21. The first-order valence-electron chi connectivity index (χ1n) is 11.2. The maximum atomic E-state index is 12.5. The number of furan rings is 1. The number of hydroxylamine groups is 2. The molecule has 0 aliphatic carbocycles. The molecule has 12 heteroatoms. The molecule has 1 aromatic carbocycles. The van der Waals surface area contributed by atoms with Crippen LogP contribution in [0.4, 0.5) is 0 Å². The van der Waals surface area contributed by atoms with Crippen molar-refractivity contribution < 1.29 is 32.4 Å².